The SMILES string of the molecule is CC(C)(C)OC(=O)N(N)[C@@]1(CCC=O)CCCN1. The molecule has 0 saturated carbocycles. The predicted octanol–water partition coefficient (Wildman–Crippen LogP) is 1.16. The van der Waals surface area contributed by atoms with Gasteiger partial charge >= 0.3 is 6.09 Å². The number of nitrogens with one attached hydrogen (secondary N) is 1. The van der Waals surface area contributed by atoms with Crippen molar-refractivity contribution < 1.29 is 14.3 Å². The quantitative estimate of drug-likeness (QED) is 0.341. The topological polar surface area (TPSA) is 84.7 Å². The largest absolute Gasteiger partial charge is 0.443 e. The Morgan fingerprint density at radius 2 is 2.22 bits per heavy atom. The lowest BCUT2D eigenvalue weighted by molar-refractivity contribution is -0.108. The van der Waals surface area contributed by atoms with Gasteiger partial charge in [0, 0.05) is 6.42 Å². The Hall–Kier alpha value is -1.14. The highest BCUT2D eigenvalue weighted by molar-refractivity contribution is 5.68. The lowest BCUT2D eigenvalue weighted by atomic mass is 10.0. The Kier molecular flexibility index (Phi) is 4.70. The molecule has 18 heavy (non-hydrogen) atoms. The third kappa shape index (κ3) is 3.68. The standard InChI is InChI=1S/C12H23N3O3/c1-11(2,3)18-10(17)15(13)12(7-5-9-16)6-4-8-14-12/h9,14H,4-8,13H2,1-3H3/t12-/m1/s1. The second-order valence-electron chi connectivity index (χ2n) is 5.62. The molecule has 0 radical (unpaired) electrons. The molecular formula is C12H23N3O3. The van der Waals surface area contributed by atoms with Gasteiger partial charge in [-0.15, -0.1) is 0 Å². The molecule has 1 saturated heterocycles. The summed E-state index contributed by atoms with van der Waals surface area (Å²) in [6, 6.07) is 0. The Labute approximate surface area is 108 Å². The molecule has 1 fully saturated rings. The number of hydrogen-bond acceptors (Lipinski definition) is 5. The van der Waals surface area contributed by atoms with Gasteiger partial charge in [-0.2, -0.15) is 0 Å². The van der Waals surface area contributed by atoms with Crippen molar-refractivity contribution in [2.24, 2.45) is 5.84 Å². The first-order valence-corrected chi connectivity index (χ1v) is 6.27. The van der Waals surface area contributed by atoms with Crippen LogP contribution in [-0.2, 0) is 9.53 Å². The van der Waals surface area contributed by atoms with Crippen LogP contribution in [0.5, 0.6) is 0 Å². The highest BCUT2D eigenvalue weighted by Crippen LogP contribution is 2.27. The van der Waals surface area contributed by atoms with Crippen LogP contribution in [0.4, 0.5) is 4.79 Å². The number of hydrogen-bond donors (Lipinski definition) is 2. The Bertz CT molecular complexity index is 306. The summed E-state index contributed by atoms with van der Waals surface area (Å²) < 4.78 is 5.25. The minimum Gasteiger partial charge on any atom is -0.443 e. The Morgan fingerprint density at radius 3 is 2.67 bits per heavy atom. The van der Waals surface area contributed by atoms with Gasteiger partial charge < -0.3 is 9.53 Å². The average molecular weight is 257 g/mol. The maximum atomic E-state index is 12.0. The van der Waals surface area contributed by atoms with E-state index in [1.807, 2.05) is 0 Å². The van der Waals surface area contributed by atoms with Gasteiger partial charge in [-0.3, -0.25) is 5.32 Å². The molecule has 104 valence electrons. The third-order valence-corrected chi connectivity index (χ3v) is 2.95. The maximum Gasteiger partial charge on any atom is 0.426 e. The van der Waals surface area contributed by atoms with Crippen molar-refractivity contribution in [3.8, 4) is 0 Å². The number of nitrogens with two attached hydrogens (primary N) is 1. The first kappa shape index (κ1) is 14.9. The van der Waals surface area contributed by atoms with Gasteiger partial charge in [0.15, 0.2) is 0 Å². The molecular weight excluding hydrogens is 234 g/mol. The number of aldehydes is 1. The molecule has 0 spiro atoms. The summed E-state index contributed by atoms with van der Waals surface area (Å²) in [5.74, 6) is 5.89. The van der Waals surface area contributed by atoms with Gasteiger partial charge in [-0.25, -0.2) is 15.6 Å². The fraction of sp³-hybridized carbons (Fsp3) is 0.833. The summed E-state index contributed by atoms with van der Waals surface area (Å²) in [5.41, 5.74) is -1.23. The highest BCUT2D eigenvalue weighted by atomic mass is 16.6. The van der Waals surface area contributed by atoms with Crippen LogP contribution in [0.1, 0.15) is 46.5 Å². The van der Waals surface area contributed by atoms with Gasteiger partial charge in [0.2, 0.25) is 0 Å². The number of carbonyl (C=O) groups is 2. The number of rotatable bonds is 4. The molecule has 0 aromatic heterocycles. The normalized spacial score (nSPS) is 23.8. The lowest BCUT2D eigenvalue weighted by Gasteiger charge is -2.38. The average Bonchev–Trinajstić information content (AvgIpc) is 2.72. The van der Waals surface area contributed by atoms with Crippen molar-refractivity contribution in [1.29, 1.82) is 0 Å². The molecule has 0 aromatic rings. The van der Waals surface area contributed by atoms with Gasteiger partial charge in [0.05, 0.1) is 0 Å². The van der Waals surface area contributed by atoms with Crippen molar-refractivity contribution in [1.82, 2.24) is 10.3 Å². The molecule has 6 heteroatoms. The zero-order valence-corrected chi connectivity index (χ0v) is 11.4. The summed E-state index contributed by atoms with van der Waals surface area (Å²) in [6.45, 7) is 6.16. The number of hydrazine groups is 1. The second-order valence-corrected chi connectivity index (χ2v) is 5.62. The Morgan fingerprint density at radius 1 is 1.56 bits per heavy atom. The monoisotopic (exact) mass is 257 g/mol. The Balaban J connectivity index is 2.73. The number of nitrogens with zero attached hydrogens (tertiary/aromatic N) is 1. The molecule has 0 aliphatic carbocycles. The van der Waals surface area contributed by atoms with Crippen LogP contribution in [0, 0.1) is 0 Å². The number of ether oxygens (including phenoxy) is 1. The van der Waals surface area contributed by atoms with Crippen LogP contribution >= 0.6 is 0 Å². The van der Waals surface area contributed by atoms with E-state index >= 15 is 0 Å². The predicted molar refractivity (Wildman–Crippen MR) is 67.5 cm³/mol. The lowest BCUT2D eigenvalue weighted by Crippen LogP contribution is -2.62. The van der Waals surface area contributed by atoms with Crippen molar-refractivity contribution >= 4 is 12.4 Å². The maximum absolute atomic E-state index is 12.0. The van der Waals surface area contributed by atoms with Crippen LogP contribution in [-0.4, -0.2) is 35.2 Å². The molecule has 1 atom stereocenters. The molecule has 0 aromatic carbocycles. The van der Waals surface area contributed by atoms with E-state index < -0.39 is 17.4 Å². The molecule has 0 unspecified atom stereocenters. The van der Waals surface area contributed by atoms with Crippen molar-refractivity contribution in [2.75, 3.05) is 6.54 Å². The molecule has 1 aliphatic heterocycles. The van der Waals surface area contributed by atoms with Crippen LogP contribution in [0.2, 0.25) is 0 Å². The molecule has 0 bridgehead atoms. The van der Waals surface area contributed by atoms with Crippen LogP contribution in [0.15, 0.2) is 0 Å². The second kappa shape index (κ2) is 5.67. The van der Waals surface area contributed by atoms with Crippen molar-refractivity contribution in [3.63, 3.8) is 0 Å². The zero-order valence-electron chi connectivity index (χ0n) is 11.4. The minimum absolute atomic E-state index is 0.365. The summed E-state index contributed by atoms with van der Waals surface area (Å²) >= 11 is 0. The van der Waals surface area contributed by atoms with Gasteiger partial charge in [0.25, 0.3) is 0 Å². The minimum atomic E-state index is -0.650. The molecule has 1 rings (SSSR count). The summed E-state index contributed by atoms with van der Waals surface area (Å²) in [4.78, 5) is 22.5. The van der Waals surface area contributed by atoms with E-state index in [9.17, 15) is 9.59 Å². The number of carbonyl (C=O) groups excluding carboxylic acids is 2. The van der Waals surface area contributed by atoms with E-state index in [1.54, 1.807) is 20.8 Å². The summed E-state index contributed by atoms with van der Waals surface area (Å²) in [7, 11) is 0. The summed E-state index contributed by atoms with van der Waals surface area (Å²) in [6.07, 6.45) is 2.80. The molecule has 1 amide bonds. The number of amides is 1. The molecule has 1 aliphatic rings. The first-order chi connectivity index (χ1) is 8.31. The van der Waals surface area contributed by atoms with Gasteiger partial charge in [-0.05, 0) is 46.6 Å². The molecule has 1 heterocycles. The third-order valence-electron chi connectivity index (χ3n) is 2.95. The van der Waals surface area contributed by atoms with Crippen LogP contribution < -0.4 is 11.2 Å². The fourth-order valence-electron chi connectivity index (χ4n) is 2.11. The van der Waals surface area contributed by atoms with E-state index in [0.29, 0.717) is 12.8 Å². The van der Waals surface area contributed by atoms with Crippen molar-refractivity contribution in [3.05, 3.63) is 0 Å². The van der Waals surface area contributed by atoms with Crippen LogP contribution in [0.25, 0.3) is 0 Å². The van der Waals surface area contributed by atoms with E-state index in [0.717, 1.165) is 30.7 Å². The van der Waals surface area contributed by atoms with Gasteiger partial charge in [0.1, 0.15) is 17.6 Å². The van der Waals surface area contributed by atoms with E-state index in [2.05, 4.69) is 5.32 Å². The molecule has 3 N–H and O–H groups in total. The van der Waals surface area contributed by atoms with E-state index in [1.165, 1.54) is 0 Å². The van der Waals surface area contributed by atoms with Crippen molar-refractivity contribution in [2.45, 2.75) is 57.7 Å². The van der Waals surface area contributed by atoms with Crippen LogP contribution in [0.3, 0.4) is 0 Å². The smallest absolute Gasteiger partial charge is 0.426 e. The highest BCUT2D eigenvalue weighted by Gasteiger charge is 2.41. The van der Waals surface area contributed by atoms with E-state index in [4.69, 9.17) is 10.6 Å². The fourth-order valence-corrected chi connectivity index (χ4v) is 2.11. The summed E-state index contributed by atoms with van der Waals surface area (Å²) in [5, 5.41) is 4.32. The first-order valence-electron chi connectivity index (χ1n) is 6.27. The molecule has 6 nitrogen and oxygen atoms in total. The van der Waals surface area contributed by atoms with Gasteiger partial charge in [-0.1, -0.05) is 0 Å². The van der Waals surface area contributed by atoms with E-state index in [-0.39, 0.29) is 0 Å². The zero-order chi connectivity index (χ0) is 13.8.